The third kappa shape index (κ3) is 3.62. The molecule has 1 saturated carbocycles. The predicted octanol–water partition coefficient (Wildman–Crippen LogP) is 1.96. The predicted molar refractivity (Wildman–Crippen MR) is 78.1 cm³/mol. The molecule has 1 amide bonds. The molecule has 1 aromatic heterocycles. The van der Waals surface area contributed by atoms with Crippen molar-refractivity contribution < 1.29 is 14.7 Å². The zero-order valence-electron chi connectivity index (χ0n) is 13.0. The molecule has 1 aliphatic carbocycles. The summed E-state index contributed by atoms with van der Waals surface area (Å²) in [6.45, 7) is 7.92. The lowest BCUT2D eigenvalue weighted by Gasteiger charge is -2.24. The number of hydrogen-bond donors (Lipinski definition) is 1. The number of nitrogens with zero attached hydrogens (tertiary/aromatic N) is 3. The molecule has 1 atom stereocenters. The fourth-order valence-corrected chi connectivity index (χ4v) is 2.12. The van der Waals surface area contributed by atoms with E-state index in [0.717, 1.165) is 12.8 Å². The molecular formula is C15H23N3O3. The van der Waals surface area contributed by atoms with Gasteiger partial charge in [-0.05, 0) is 33.6 Å². The molecule has 1 fully saturated rings. The van der Waals surface area contributed by atoms with Gasteiger partial charge >= 0.3 is 5.97 Å². The van der Waals surface area contributed by atoms with E-state index in [1.54, 1.807) is 28.9 Å². The first-order chi connectivity index (χ1) is 9.70. The average molecular weight is 293 g/mol. The summed E-state index contributed by atoms with van der Waals surface area (Å²) in [7, 11) is 0. The highest BCUT2D eigenvalue weighted by atomic mass is 16.4. The van der Waals surface area contributed by atoms with E-state index >= 15 is 0 Å². The third-order valence-corrected chi connectivity index (χ3v) is 3.66. The van der Waals surface area contributed by atoms with Gasteiger partial charge in [-0.15, -0.1) is 0 Å². The molecule has 116 valence electrons. The van der Waals surface area contributed by atoms with Gasteiger partial charge in [-0.25, -0.2) is 0 Å². The summed E-state index contributed by atoms with van der Waals surface area (Å²) in [5, 5.41) is 13.3. The van der Waals surface area contributed by atoms with E-state index in [1.165, 1.54) is 0 Å². The number of hydrogen-bond acceptors (Lipinski definition) is 3. The van der Waals surface area contributed by atoms with Crippen molar-refractivity contribution >= 4 is 11.9 Å². The maximum absolute atomic E-state index is 12.6. The molecule has 0 aliphatic heterocycles. The van der Waals surface area contributed by atoms with Crippen LogP contribution in [-0.2, 0) is 10.3 Å². The summed E-state index contributed by atoms with van der Waals surface area (Å²) in [6, 6.07) is 0.178. The van der Waals surface area contributed by atoms with Crippen molar-refractivity contribution in [3.05, 3.63) is 18.0 Å². The Morgan fingerprint density at radius 1 is 1.48 bits per heavy atom. The molecule has 0 spiro atoms. The zero-order chi connectivity index (χ0) is 15.8. The summed E-state index contributed by atoms with van der Waals surface area (Å²) < 4.78 is 1.76. The van der Waals surface area contributed by atoms with Crippen molar-refractivity contribution in [3.63, 3.8) is 0 Å². The van der Waals surface area contributed by atoms with E-state index < -0.39 is 11.9 Å². The van der Waals surface area contributed by atoms with E-state index in [0.29, 0.717) is 5.56 Å². The number of amides is 1. The fourth-order valence-electron chi connectivity index (χ4n) is 2.12. The van der Waals surface area contributed by atoms with Crippen LogP contribution in [-0.4, -0.2) is 44.3 Å². The quantitative estimate of drug-likeness (QED) is 0.900. The Morgan fingerprint density at radius 3 is 2.52 bits per heavy atom. The Balaban J connectivity index is 2.15. The van der Waals surface area contributed by atoms with Crippen LogP contribution in [0.5, 0.6) is 0 Å². The number of carbonyl (C=O) groups excluding carboxylic acids is 1. The van der Waals surface area contributed by atoms with Crippen LogP contribution in [0, 0.1) is 5.92 Å². The second kappa shape index (κ2) is 5.50. The highest BCUT2D eigenvalue weighted by molar-refractivity contribution is 5.94. The first-order valence-corrected chi connectivity index (χ1v) is 7.29. The summed E-state index contributed by atoms with van der Waals surface area (Å²) in [5.41, 5.74) is 0.339. The Bertz CT molecular complexity index is 541. The van der Waals surface area contributed by atoms with Crippen LogP contribution in [0.25, 0.3) is 0 Å². The summed E-state index contributed by atoms with van der Waals surface area (Å²) in [5.74, 6) is -1.56. The molecule has 0 saturated heterocycles. The number of rotatable bonds is 5. The van der Waals surface area contributed by atoms with E-state index in [9.17, 15) is 9.59 Å². The minimum absolute atomic E-state index is 0.124. The molecule has 1 heterocycles. The Kier molecular flexibility index (Phi) is 4.07. The Hall–Kier alpha value is -1.85. The van der Waals surface area contributed by atoms with Crippen LogP contribution in [0.4, 0.5) is 0 Å². The second-order valence-electron chi connectivity index (χ2n) is 6.77. The standard InChI is InChI=1S/C15H23N3O3/c1-10(14(20)21)8-17(12-5-6-12)13(19)11-7-16-18(9-11)15(2,3)4/h7,9-10,12H,5-6,8H2,1-4H3,(H,20,21). The number of carbonyl (C=O) groups is 2. The van der Waals surface area contributed by atoms with Gasteiger partial charge in [0.05, 0.1) is 23.2 Å². The summed E-state index contributed by atoms with van der Waals surface area (Å²) in [6.07, 6.45) is 5.20. The number of aliphatic carboxylic acids is 1. The van der Waals surface area contributed by atoms with Gasteiger partial charge in [0.15, 0.2) is 0 Å². The van der Waals surface area contributed by atoms with Gasteiger partial charge in [0.2, 0.25) is 0 Å². The normalized spacial score (nSPS) is 16.6. The molecule has 6 heteroatoms. The average Bonchev–Trinajstić information content (AvgIpc) is 3.08. The van der Waals surface area contributed by atoms with Gasteiger partial charge in [0.25, 0.3) is 5.91 Å². The van der Waals surface area contributed by atoms with Crippen LogP contribution in [0.15, 0.2) is 12.4 Å². The van der Waals surface area contributed by atoms with Gasteiger partial charge in [-0.3, -0.25) is 14.3 Å². The summed E-state index contributed by atoms with van der Waals surface area (Å²) >= 11 is 0. The molecule has 6 nitrogen and oxygen atoms in total. The van der Waals surface area contributed by atoms with E-state index in [4.69, 9.17) is 5.11 Å². The van der Waals surface area contributed by atoms with E-state index in [-0.39, 0.29) is 24.0 Å². The third-order valence-electron chi connectivity index (χ3n) is 3.66. The van der Waals surface area contributed by atoms with Crippen LogP contribution in [0.3, 0.4) is 0 Å². The largest absolute Gasteiger partial charge is 0.481 e. The molecule has 2 rings (SSSR count). The minimum atomic E-state index is -0.876. The topological polar surface area (TPSA) is 75.4 Å². The zero-order valence-corrected chi connectivity index (χ0v) is 13.0. The van der Waals surface area contributed by atoms with Crippen LogP contribution in [0.1, 0.15) is 50.9 Å². The lowest BCUT2D eigenvalue weighted by atomic mass is 10.1. The Morgan fingerprint density at radius 2 is 2.10 bits per heavy atom. The maximum atomic E-state index is 12.6. The maximum Gasteiger partial charge on any atom is 0.308 e. The van der Waals surface area contributed by atoms with Crippen LogP contribution in [0.2, 0.25) is 0 Å². The van der Waals surface area contributed by atoms with Crippen molar-refractivity contribution in [3.8, 4) is 0 Å². The monoisotopic (exact) mass is 293 g/mol. The second-order valence-corrected chi connectivity index (χ2v) is 6.77. The van der Waals surface area contributed by atoms with Crippen molar-refractivity contribution in [2.75, 3.05) is 6.54 Å². The molecule has 1 aromatic rings. The van der Waals surface area contributed by atoms with Gasteiger partial charge in [-0.2, -0.15) is 5.10 Å². The van der Waals surface area contributed by atoms with Gasteiger partial charge in [0.1, 0.15) is 0 Å². The van der Waals surface area contributed by atoms with Crippen LogP contribution < -0.4 is 0 Å². The molecule has 0 aromatic carbocycles. The smallest absolute Gasteiger partial charge is 0.308 e. The molecule has 1 unspecified atom stereocenters. The van der Waals surface area contributed by atoms with Gasteiger partial charge in [0, 0.05) is 18.8 Å². The number of carboxylic acid groups (broad SMARTS) is 1. The highest BCUT2D eigenvalue weighted by Crippen LogP contribution is 2.29. The minimum Gasteiger partial charge on any atom is -0.481 e. The van der Waals surface area contributed by atoms with Crippen molar-refractivity contribution in [1.29, 1.82) is 0 Å². The van der Waals surface area contributed by atoms with Gasteiger partial charge < -0.3 is 10.0 Å². The summed E-state index contributed by atoms with van der Waals surface area (Å²) in [4.78, 5) is 25.3. The van der Waals surface area contributed by atoms with E-state index in [2.05, 4.69) is 5.10 Å². The SMILES string of the molecule is CC(CN(C(=O)c1cnn(C(C)(C)C)c1)C1CC1)C(=O)O. The van der Waals surface area contributed by atoms with Gasteiger partial charge in [-0.1, -0.05) is 6.92 Å². The molecular weight excluding hydrogens is 270 g/mol. The number of aromatic nitrogens is 2. The molecule has 0 radical (unpaired) electrons. The molecule has 0 bridgehead atoms. The highest BCUT2D eigenvalue weighted by Gasteiger charge is 2.35. The van der Waals surface area contributed by atoms with E-state index in [1.807, 2.05) is 20.8 Å². The van der Waals surface area contributed by atoms with Crippen molar-refractivity contribution in [2.45, 2.75) is 52.1 Å². The Labute approximate surface area is 124 Å². The fraction of sp³-hybridized carbons (Fsp3) is 0.667. The number of carboxylic acids is 1. The first kappa shape index (κ1) is 15.5. The lowest BCUT2D eigenvalue weighted by molar-refractivity contribution is -0.141. The first-order valence-electron chi connectivity index (χ1n) is 7.29. The lowest BCUT2D eigenvalue weighted by Crippen LogP contribution is -2.38. The van der Waals surface area contributed by atoms with Crippen LogP contribution >= 0.6 is 0 Å². The molecule has 1 N–H and O–H groups in total. The molecule has 21 heavy (non-hydrogen) atoms. The van der Waals surface area contributed by atoms with Crippen molar-refractivity contribution in [1.82, 2.24) is 14.7 Å². The molecule has 1 aliphatic rings. The van der Waals surface area contributed by atoms with Crippen molar-refractivity contribution in [2.24, 2.45) is 5.92 Å².